The summed E-state index contributed by atoms with van der Waals surface area (Å²) in [5, 5.41) is 21.2. The maximum Gasteiger partial charge on any atom is 0.255 e. The minimum Gasteiger partial charge on any atom is -0.508 e. The number of ether oxygens (including phenoxy) is 1. The molecule has 0 fully saturated rings. The van der Waals surface area contributed by atoms with Crippen molar-refractivity contribution in [1.82, 2.24) is 4.98 Å². The third-order valence-corrected chi connectivity index (χ3v) is 2.37. The molecule has 3 N–H and O–H groups in total. The summed E-state index contributed by atoms with van der Waals surface area (Å²) >= 11 is 0. The first-order chi connectivity index (χ1) is 9.08. The topological polar surface area (TPSA) is 91.7 Å². The summed E-state index contributed by atoms with van der Waals surface area (Å²) < 4.78 is 4.90. The predicted molar refractivity (Wildman–Crippen MR) is 68.5 cm³/mol. The zero-order chi connectivity index (χ0) is 13.8. The Morgan fingerprint density at radius 1 is 1.21 bits per heavy atom. The van der Waals surface area contributed by atoms with Gasteiger partial charge in [-0.05, 0) is 18.2 Å². The van der Waals surface area contributed by atoms with Crippen LogP contribution in [0.5, 0.6) is 17.4 Å². The summed E-state index contributed by atoms with van der Waals surface area (Å²) in [5.41, 5.74) is 0.627. The maximum absolute atomic E-state index is 11.9. The van der Waals surface area contributed by atoms with E-state index >= 15 is 0 Å². The molecule has 0 bridgehead atoms. The molecule has 19 heavy (non-hydrogen) atoms. The molecular formula is C13H12N2O4. The van der Waals surface area contributed by atoms with Crippen molar-refractivity contribution < 1.29 is 19.7 Å². The predicted octanol–water partition coefficient (Wildman–Crippen LogP) is 1.75. The van der Waals surface area contributed by atoms with Crippen molar-refractivity contribution in [3.63, 3.8) is 0 Å². The van der Waals surface area contributed by atoms with Crippen molar-refractivity contribution in [2.24, 2.45) is 0 Å². The lowest BCUT2D eigenvalue weighted by molar-refractivity contribution is 0.102. The first-order valence-corrected chi connectivity index (χ1v) is 5.43. The Morgan fingerprint density at radius 3 is 2.42 bits per heavy atom. The van der Waals surface area contributed by atoms with E-state index in [0.717, 1.165) is 6.07 Å². The fraction of sp³-hybridized carbons (Fsp3) is 0.0769. The van der Waals surface area contributed by atoms with Gasteiger partial charge in [0, 0.05) is 17.7 Å². The zero-order valence-corrected chi connectivity index (χ0v) is 10.1. The first-order valence-electron chi connectivity index (χ1n) is 5.43. The summed E-state index contributed by atoms with van der Waals surface area (Å²) in [4.78, 5) is 15.8. The van der Waals surface area contributed by atoms with E-state index in [-0.39, 0.29) is 17.1 Å². The Labute approximate surface area is 109 Å². The first kappa shape index (κ1) is 12.7. The van der Waals surface area contributed by atoms with Crippen LogP contribution in [0.25, 0.3) is 0 Å². The Morgan fingerprint density at radius 2 is 1.89 bits per heavy atom. The summed E-state index contributed by atoms with van der Waals surface area (Å²) in [7, 11) is 1.50. The summed E-state index contributed by atoms with van der Waals surface area (Å²) in [6.45, 7) is 0. The van der Waals surface area contributed by atoms with Gasteiger partial charge in [-0.25, -0.2) is 4.98 Å². The minimum atomic E-state index is -0.460. The van der Waals surface area contributed by atoms with Crippen LogP contribution in [0.2, 0.25) is 0 Å². The lowest BCUT2D eigenvalue weighted by atomic mass is 10.2. The zero-order valence-electron chi connectivity index (χ0n) is 10.1. The molecule has 1 aromatic heterocycles. The highest BCUT2D eigenvalue weighted by Gasteiger charge is 2.09. The standard InChI is InChI=1S/C13H12N2O4/c1-19-12-3-2-9(7-14-12)15-13(18)8-4-10(16)6-11(17)5-8/h2-7,16-17H,1H3,(H,15,18). The third kappa shape index (κ3) is 3.12. The highest BCUT2D eigenvalue weighted by Crippen LogP contribution is 2.21. The van der Waals surface area contributed by atoms with E-state index in [1.807, 2.05) is 0 Å². The monoisotopic (exact) mass is 260 g/mol. The number of amides is 1. The molecular weight excluding hydrogens is 248 g/mol. The lowest BCUT2D eigenvalue weighted by Crippen LogP contribution is -2.11. The van der Waals surface area contributed by atoms with Gasteiger partial charge in [-0.3, -0.25) is 4.79 Å². The molecule has 0 unspecified atom stereocenters. The fourth-order valence-corrected chi connectivity index (χ4v) is 1.50. The van der Waals surface area contributed by atoms with Gasteiger partial charge in [0.05, 0.1) is 19.0 Å². The van der Waals surface area contributed by atoms with Crippen molar-refractivity contribution in [3.8, 4) is 17.4 Å². The van der Waals surface area contributed by atoms with Gasteiger partial charge in [-0.2, -0.15) is 0 Å². The second-order valence-electron chi connectivity index (χ2n) is 3.78. The minimum absolute atomic E-state index is 0.147. The van der Waals surface area contributed by atoms with Crippen LogP contribution in [0.15, 0.2) is 36.5 Å². The number of aromatic hydroxyl groups is 2. The van der Waals surface area contributed by atoms with Gasteiger partial charge in [0.1, 0.15) is 11.5 Å². The molecule has 0 spiro atoms. The smallest absolute Gasteiger partial charge is 0.255 e. The van der Waals surface area contributed by atoms with E-state index in [9.17, 15) is 15.0 Å². The van der Waals surface area contributed by atoms with Crippen molar-refractivity contribution in [2.45, 2.75) is 0 Å². The van der Waals surface area contributed by atoms with Crippen LogP contribution >= 0.6 is 0 Å². The fourth-order valence-electron chi connectivity index (χ4n) is 1.50. The number of carbonyl (C=O) groups is 1. The lowest BCUT2D eigenvalue weighted by Gasteiger charge is -2.06. The highest BCUT2D eigenvalue weighted by molar-refractivity contribution is 6.04. The van der Waals surface area contributed by atoms with E-state index in [2.05, 4.69) is 10.3 Å². The van der Waals surface area contributed by atoms with Crippen LogP contribution in [0, 0.1) is 0 Å². The molecule has 2 aromatic rings. The van der Waals surface area contributed by atoms with Crippen LogP contribution in [0.1, 0.15) is 10.4 Å². The summed E-state index contributed by atoms with van der Waals surface area (Å²) in [6.07, 6.45) is 1.44. The van der Waals surface area contributed by atoms with Crippen molar-refractivity contribution in [2.75, 3.05) is 12.4 Å². The van der Waals surface area contributed by atoms with Crippen molar-refractivity contribution in [1.29, 1.82) is 0 Å². The number of methoxy groups -OCH3 is 1. The Hall–Kier alpha value is -2.76. The van der Waals surface area contributed by atoms with E-state index < -0.39 is 5.91 Å². The molecule has 1 aromatic carbocycles. The Bertz CT molecular complexity index is 576. The average molecular weight is 260 g/mol. The van der Waals surface area contributed by atoms with Gasteiger partial charge in [0.25, 0.3) is 5.91 Å². The number of phenols is 2. The number of nitrogens with zero attached hydrogens (tertiary/aromatic N) is 1. The van der Waals surface area contributed by atoms with Gasteiger partial charge >= 0.3 is 0 Å². The van der Waals surface area contributed by atoms with Gasteiger partial charge in [-0.1, -0.05) is 0 Å². The number of benzene rings is 1. The van der Waals surface area contributed by atoms with Gasteiger partial charge in [0.2, 0.25) is 5.88 Å². The molecule has 0 aliphatic heterocycles. The number of nitrogens with one attached hydrogen (secondary N) is 1. The maximum atomic E-state index is 11.9. The molecule has 0 atom stereocenters. The molecule has 0 radical (unpaired) electrons. The molecule has 1 heterocycles. The molecule has 0 saturated carbocycles. The number of phenolic OH excluding ortho intramolecular Hbond substituents is 2. The van der Waals surface area contributed by atoms with Crippen LogP contribution < -0.4 is 10.1 Å². The molecule has 1 amide bonds. The number of pyridine rings is 1. The van der Waals surface area contributed by atoms with E-state index in [4.69, 9.17) is 4.74 Å². The van der Waals surface area contributed by atoms with E-state index in [0.29, 0.717) is 11.6 Å². The third-order valence-electron chi connectivity index (χ3n) is 2.37. The van der Waals surface area contributed by atoms with Crippen molar-refractivity contribution in [3.05, 3.63) is 42.1 Å². The number of anilines is 1. The molecule has 0 aliphatic carbocycles. The molecule has 0 saturated heterocycles. The summed E-state index contributed by atoms with van der Waals surface area (Å²) in [6, 6.07) is 6.89. The van der Waals surface area contributed by atoms with Crippen LogP contribution in [0.3, 0.4) is 0 Å². The second kappa shape index (κ2) is 5.26. The second-order valence-corrected chi connectivity index (χ2v) is 3.78. The normalized spacial score (nSPS) is 9.95. The molecule has 0 aliphatic rings. The van der Waals surface area contributed by atoms with Gasteiger partial charge in [-0.15, -0.1) is 0 Å². The van der Waals surface area contributed by atoms with Gasteiger partial charge < -0.3 is 20.3 Å². The molecule has 98 valence electrons. The Kier molecular flexibility index (Phi) is 3.51. The van der Waals surface area contributed by atoms with Crippen molar-refractivity contribution >= 4 is 11.6 Å². The van der Waals surface area contributed by atoms with E-state index in [1.165, 1.54) is 25.4 Å². The van der Waals surface area contributed by atoms with Gasteiger partial charge in [0.15, 0.2) is 0 Å². The van der Waals surface area contributed by atoms with Crippen LogP contribution in [-0.2, 0) is 0 Å². The SMILES string of the molecule is COc1ccc(NC(=O)c2cc(O)cc(O)c2)cn1. The Balaban J connectivity index is 2.15. The number of carbonyl (C=O) groups excluding carboxylic acids is 1. The molecule has 6 heteroatoms. The summed E-state index contributed by atoms with van der Waals surface area (Å²) in [5.74, 6) is -0.387. The van der Waals surface area contributed by atoms with E-state index in [1.54, 1.807) is 12.1 Å². The highest BCUT2D eigenvalue weighted by atomic mass is 16.5. The number of aromatic nitrogens is 1. The molecule has 2 rings (SSSR count). The van der Waals surface area contributed by atoms with Crippen LogP contribution in [-0.4, -0.2) is 28.2 Å². The number of rotatable bonds is 3. The van der Waals surface area contributed by atoms with Crippen LogP contribution in [0.4, 0.5) is 5.69 Å². The number of hydrogen-bond acceptors (Lipinski definition) is 5. The largest absolute Gasteiger partial charge is 0.508 e. The quantitative estimate of drug-likeness (QED) is 0.782. The number of hydrogen-bond donors (Lipinski definition) is 3. The average Bonchev–Trinajstić information content (AvgIpc) is 2.38. The molecule has 6 nitrogen and oxygen atoms in total.